The molecule has 1 amide bonds. The fourth-order valence-corrected chi connectivity index (χ4v) is 2.85. The molecule has 1 aliphatic heterocycles. The van der Waals surface area contributed by atoms with Crippen molar-refractivity contribution in [2.75, 3.05) is 45.5 Å². The molecule has 1 heterocycles. The molecule has 0 saturated carbocycles. The molecule has 0 aromatic heterocycles. The number of hydrogen-bond donors (Lipinski definition) is 1. The van der Waals surface area contributed by atoms with Gasteiger partial charge in [0.1, 0.15) is 5.25 Å². The molecule has 1 fully saturated rings. The minimum Gasteiger partial charge on any atom is -0.340 e. The van der Waals surface area contributed by atoms with E-state index in [0.717, 1.165) is 45.2 Å². The normalized spacial score (nSPS) is 19.6. The number of amides is 1. The molecule has 1 rings (SSSR count). The van der Waals surface area contributed by atoms with E-state index in [-0.39, 0.29) is 5.91 Å². The lowest BCUT2D eigenvalue weighted by atomic mass is 10.3. The second-order valence-electron chi connectivity index (χ2n) is 5.49. The van der Waals surface area contributed by atoms with E-state index in [9.17, 15) is 13.2 Å². The van der Waals surface area contributed by atoms with Gasteiger partial charge in [-0.25, -0.2) is 8.42 Å². The van der Waals surface area contributed by atoms with Crippen molar-refractivity contribution in [3.05, 3.63) is 0 Å². The van der Waals surface area contributed by atoms with Gasteiger partial charge in [-0.3, -0.25) is 4.79 Å². The molecule has 0 aliphatic carbocycles. The van der Waals surface area contributed by atoms with E-state index in [1.807, 2.05) is 0 Å². The molecule has 1 unspecified atom stereocenters. The van der Waals surface area contributed by atoms with E-state index in [2.05, 4.69) is 4.90 Å². The van der Waals surface area contributed by atoms with Crippen LogP contribution in [0.1, 0.15) is 26.2 Å². The van der Waals surface area contributed by atoms with Crippen LogP contribution in [-0.2, 0) is 14.6 Å². The van der Waals surface area contributed by atoms with Crippen LogP contribution >= 0.6 is 0 Å². The number of nitrogens with two attached hydrogens (primary N) is 1. The lowest BCUT2D eigenvalue weighted by molar-refractivity contribution is -0.130. The molecule has 118 valence electrons. The summed E-state index contributed by atoms with van der Waals surface area (Å²) in [5.41, 5.74) is 5.48. The maximum absolute atomic E-state index is 12.2. The Bertz CT molecular complexity index is 411. The summed E-state index contributed by atoms with van der Waals surface area (Å²) in [5, 5.41) is -0.939. The average molecular weight is 305 g/mol. The molecule has 2 N–H and O–H groups in total. The first-order chi connectivity index (χ1) is 9.36. The van der Waals surface area contributed by atoms with Crippen molar-refractivity contribution < 1.29 is 13.2 Å². The molecule has 0 radical (unpaired) electrons. The van der Waals surface area contributed by atoms with E-state index in [1.54, 1.807) is 4.90 Å². The predicted octanol–water partition coefficient (Wildman–Crippen LogP) is -0.307. The predicted molar refractivity (Wildman–Crippen MR) is 80.2 cm³/mol. The second kappa shape index (κ2) is 7.95. The molecule has 1 atom stereocenters. The van der Waals surface area contributed by atoms with Crippen molar-refractivity contribution in [1.82, 2.24) is 9.80 Å². The summed E-state index contributed by atoms with van der Waals surface area (Å²) in [6.45, 7) is 6.22. The number of rotatable bonds is 6. The van der Waals surface area contributed by atoms with Crippen LogP contribution in [0.2, 0.25) is 0 Å². The molecule has 0 aromatic rings. The van der Waals surface area contributed by atoms with Crippen LogP contribution in [0, 0.1) is 0 Å². The zero-order chi connectivity index (χ0) is 15.2. The minimum absolute atomic E-state index is 0.267. The largest absolute Gasteiger partial charge is 0.340 e. The van der Waals surface area contributed by atoms with Gasteiger partial charge < -0.3 is 15.5 Å². The Morgan fingerprint density at radius 1 is 1.20 bits per heavy atom. The first-order valence-electron chi connectivity index (χ1n) is 7.26. The van der Waals surface area contributed by atoms with Crippen LogP contribution in [0.4, 0.5) is 0 Å². The van der Waals surface area contributed by atoms with Crippen molar-refractivity contribution in [3.63, 3.8) is 0 Å². The zero-order valence-electron chi connectivity index (χ0n) is 12.5. The van der Waals surface area contributed by atoms with Gasteiger partial charge in [0.25, 0.3) is 0 Å². The lowest BCUT2D eigenvalue weighted by Crippen LogP contribution is -2.43. The number of sulfone groups is 1. The van der Waals surface area contributed by atoms with Gasteiger partial charge >= 0.3 is 0 Å². The van der Waals surface area contributed by atoms with Crippen LogP contribution in [0.15, 0.2) is 0 Å². The van der Waals surface area contributed by atoms with E-state index < -0.39 is 15.1 Å². The summed E-state index contributed by atoms with van der Waals surface area (Å²) in [6.07, 6.45) is 4.10. The van der Waals surface area contributed by atoms with Crippen molar-refractivity contribution >= 4 is 15.7 Å². The quantitative estimate of drug-likeness (QED) is 0.681. The number of carbonyl (C=O) groups is 1. The highest BCUT2D eigenvalue weighted by Crippen LogP contribution is 2.09. The Hall–Kier alpha value is -0.660. The fraction of sp³-hybridized carbons (Fsp3) is 0.923. The van der Waals surface area contributed by atoms with Crippen LogP contribution in [0.25, 0.3) is 0 Å². The minimum atomic E-state index is -3.31. The monoisotopic (exact) mass is 305 g/mol. The third-order valence-corrected chi connectivity index (χ3v) is 5.30. The van der Waals surface area contributed by atoms with Crippen molar-refractivity contribution in [2.24, 2.45) is 5.73 Å². The van der Waals surface area contributed by atoms with E-state index in [0.29, 0.717) is 19.6 Å². The molecule has 20 heavy (non-hydrogen) atoms. The van der Waals surface area contributed by atoms with E-state index in [4.69, 9.17) is 5.73 Å². The molecule has 0 bridgehead atoms. The number of carbonyl (C=O) groups excluding carboxylic acids is 1. The smallest absolute Gasteiger partial charge is 0.240 e. The van der Waals surface area contributed by atoms with Gasteiger partial charge in [-0.05, 0) is 45.8 Å². The lowest BCUT2D eigenvalue weighted by Gasteiger charge is -2.24. The first kappa shape index (κ1) is 17.4. The molecular formula is C13H27N3O3S. The Morgan fingerprint density at radius 2 is 1.90 bits per heavy atom. The molecule has 0 spiro atoms. The van der Waals surface area contributed by atoms with Crippen molar-refractivity contribution in [2.45, 2.75) is 31.4 Å². The Kier molecular flexibility index (Phi) is 6.91. The maximum atomic E-state index is 12.2. The molecule has 0 aromatic carbocycles. The van der Waals surface area contributed by atoms with Gasteiger partial charge in [0.05, 0.1) is 0 Å². The number of nitrogens with zero attached hydrogens (tertiary/aromatic N) is 2. The van der Waals surface area contributed by atoms with Gasteiger partial charge in [0.15, 0.2) is 9.84 Å². The standard InChI is InChI=1S/C13H27N3O3S/c1-12(20(2,18)19)13(17)16-9-5-8-15(10-11-16)7-4-3-6-14/h12H,3-11,14H2,1-2H3. The van der Waals surface area contributed by atoms with E-state index >= 15 is 0 Å². The number of unbranched alkanes of at least 4 members (excludes halogenated alkanes) is 1. The second-order valence-corrected chi connectivity index (χ2v) is 7.85. The zero-order valence-corrected chi connectivity index (χ0v) is 13.4. The van der Waals surface area contributed by atoms with Crippen molar-refractivity contribution in [3.8, 4) is 0 Å². The average Bonchev–Trinajstić information content (AvgIpc) is 2.62. The summed E-state index contributed by atoms with van der Waals surface area (Å²) < 4.78 is 22.9. The van der Waals surface area contributed by atoms with Crippen LogP contribution in [0.3, 0.4) is 0 Å². The summed E-state index contributed by atoms with van der Waals surface area (Å²) in [7, 11) is -3.31. The van der Waals surface area contributed by atoms with Crippen LogP contribution in [-0.4, -0.2) is 74.9 Å². The third kappa shape index (κ3) is 5.38. The SMILES string of the molecule is CC(C(=O)N1CCCN(CCCCN)CC1)S(C)(=O)=O. The maximum Gasteiger partial charge on any atom is 0.240 e. The highest BCUT2D eigenvalue weighted by molar-refractivity contribution is 7.92. The van der Waals surface area contributed by atoms with Gasteiger partial charge in [-0.1, -0.05) is 0 Å². The summed E-state index contributed by atoms with van der Waals surface area (Å²) in [5.74, 6) is -0.267. The molecule has 7 heteroatoms. The number of hydrogen-bond acceptors (Lipinski definition) is 5. The molecule has 6 nitrogen and oxygen atoms in total. The van der Waals surface area contributed by atoms with Gasteiger partial charge in [-0.2, -0.15) is 0 Å². The topological polar surface area (TPSA) is 83.7 Å². The van der Waals surface area contributed by atoms with Gasteiger partial charge in [-0.15, -0.1) is 0 Å². The fourth-order valence-electron chi connectivity index (χ4n) is 2.33. The first-order valence-corrected chi connectivity index (χ1v) is 9.21. The van der Waals surface area contributed by atoms with E-state index in [1.165, 1.54) is 6.92 Å². The van der Waals surface area contributed by atoms with Gasteiger partial charge in [0, 0.05) is 25.9 Å². The molecule has 1 aliphatic rings. The van der Waals surface area contributed by atoms with Gasteiger partial charge in [0.2, 0.25) is 5.91 Å². The Balaban J connectivity index is 2.49. The van der Waals surface area contributed by atoms with Crippen molar-refractivity contribution in [1.29, 1.82) is 0 Å². The van der Waals surface area contributed by atoms with Crippen LogP contribution in [0.5, 0.6) is 0 Å². The summed E-state index contributed by atoms with van der Waals surface area (Å²) >= 11 is 0. The van der Waals surface area contributed by atoms with Crippen LogP contribution < -0.4 is 5.73 Å². The molecular weight excluding hydrogens is 278 g/mol. The highest BCUT2D eigenvalue weighted by atomic mass is 32.2. The molecule has 1 saturated heterocycles. The summed E-state index contributed by atoms with van der Waals surface area (Å²) in [6, 6.07) is 0. The Morgan fingerprint density at radius 3 is 2.50 bits per heavy atom. The highest BCUT2D eigenvalue weighted by Gasteiger charge is 2.29. The summed E-state index contributed by atoms with van der Waals surface area (Å²) in [4.78, 5) is 16.2. The Labute approximate surface area is 122 Å². The third-order valence-electron chi connectivity index (χ3n) is 3.82.